The molecular weight excluding hydrogens is 164 g/mol. The van der Waals surface area contributed by atoms with E-state index in [-0.39, 0.29) is 5.78 Å². The summed E-state index contributed by atoms with van der Waals surface area (Å²) in [5, 5.41) is 0. The number of Topliss-reactive ketones (excluding diaryl/α,β-unsaturated/α-hetero) is 1. The Labute approximate surface area is 78.2 Å². The third-order valence-corrected chi connectivity index (χ3v) is 1.73. The molecule has 0 amide bonds. The predicted octanol–water partition coefficient (Wildman–Crippen LogP) is 1.62. The largest absolute Gasteiger partial charge is 0.300 e. The number of carbonyl (C=O) groups is 1. The first-order chi connectivity index (χ1) is 6.08. The summed E-state index contributed by atoms with van der Waals surface area (Å²) >= 11 is 0. The molecule has 70 valence electrons. The highest BCUT2D eigenvalue weighted by atomic mass is 16.1. The van der Waals surface area contributed by atoms with E-state index in [2.05, 4.69) is 9.97 Å². The van der Waals surface area contributed by atoms with Crippen molar-refractivity contribution in [3.8, 4) is 0 Å². The van der Waals surface area contributed by atoms with Crippen LogP contribution < -0.4 is 0 Å². The van der Waals surface area contributed by atoms with Gasteiger partial charge in [-0.2, -0.15) is 0 Å². The smallest absolute Gasteiger partial charge is 0.130 e. The van der Waals surface area contributed by atoms with E-state index in [1.165, 1.54) is 0 Å². The van der Waals surface area contributed by atoms with Gasteiger partial charge in [-0.1, -0.05) is 0 Å². The zero-order valence-corrected chi connectivity index (χ0v) is 8.29. The summed E-state index contributed by atoms with van der Waals surface area (Å²) in [5.74, 6) is 0.954. The Morgan fingerprint density at radius 3 is 2.31 bits per heavy atom. The van der Waals surface area contributed by atoms with Gasteiger partial charge in [-0.3, -0.25) is 0 Å². The Hall–Kier alpha value is -1.25. The van der Waals surface area contributed by atoms with Crippen LogP contribution >= 0.6 is 0 Å². The summed E-state index contributed by atoms with van der Waals surface area (Å²) in [5.41, 5.74) is 1.93. The van der Waals surface area contributed by atoms with Gasteiger partial charge in [-0.25, -0.2) is 9.97 Å². The number of carbonyl (C=O) groups excluding carboxylic acids is 1. The van der Waals surface area contributed by atoms with E-state index in [0.29, 0.717) is 12.8 Å². The van der Waals surface area contributed by atoms with Crippen LogP contribution in [-0.4, -0.2) is 15.8 Å². The average Bonchev–Trinajstić information content (AvgIpc) is 1.99. The molecule has 3 nitrogen and oxygen atoms in total. The van der Waals surface area contributed by atoms with Crippen LogP contribution in [-0.2, 0) is 11.2 Å². The molecule has 0 saturated carbocycles. The van der Waals surface area contributed by atoms with Crippen LogP contribution in [0.5, 0.6) is 0 Å². The van der Waals surface area contributed by atoms with Crippen LogP contribution in [0, 0.1) is 13.8 Å². The molecule has 13 heavy (non-hydrogen) atoms. The first-order valence-corrected chi connectivity index (χ1v) is 4.38. The van der Waals surface area contributed by atoms with Crippen molar-refractivity contribution >= 4 is 5.78 Å². The first-order valence-electron chi connectivity index (χ1n) is 4.38. The molecule has 0 N–H and O–H groups in total. The lowest BCUT2D eigenvalue weighted by Gasteiger charge is -2.01. The van der Waals surface area contributed by atoms with Crippen LogP contribution in [0.15, 0.2) is 6.07 Å². The molecule has 0 fully saturated rings. The number of rotatable bonds is 3. The molecule has 3 heteroatoms. The molecule has 0 aliphatic rings. The van der Waals surface area contributed by atoms with Crippen LogP contribution in [0.25, 0.3) is 0 Å². The van der Waals surface area contributed by atoms with Gasteiger partial charge in [0.15, 0.2) is 0 Å². The van der Waals surface area contributed by atoms with Crippen LogP contribution in [0.4, 0.5) is 0 Å². The molecule has 1 aromatic heterocycles. The summed E-state index contributed by atoms with van der Waals surface area (Å²) in [4.78, 5) is 19.2. The molecule has 0 radical (unpaired) electrons. The molecule has 0 aliphatic heterocycles. The first kappa shape index (κ1) is 9.84. The molecule has 0 aromatic carbocycles. The zero-order valence-electron chi connectivity index (χ0n) is 8.29. The fourth-order valence-corrected chi connectivity index (χ4v) is 1.20. The third kappa shape index (κ3) is 3.32. The zero-order chi connectivity index (χ0) is 9.84. The topological polar surface area (TPSA) is 42.9 Å². The summed E-state index contributed by atoms with van der Waals surface area (Å²) in [7, 11) is 0. The lowest BCUT2D eigenvalue weighted by Crippen LogP contribution is -2.02. The Morgan fingerprint density at radius 1 is 1.31 bits per heavy atom. The van der Waals surface area contributed by atoms with E-state index in [1.807, 2.05) is 19.9 Å². The number of hydrogen-bond donors (Lipinski definition) is 0. The van der Waals surface area contributed by atoms with E-state index in [9.17, 15) is 4.79 Å². The fourth-order valence-electron chi connectivity index (χ4n) is 1.20. The van der Waals surface area contributed by atoms with Crippen molar-refractivity contribution < 1.29 is 4.79 Å². The maximum atomic E-state index is 10.7. The molecule has 0 atom stereocenters. The van der Waals surface area contributed by atoms with Crippen molar-refractivity contribution in [3.63, 3.8) is 0 Å². The van der Waals surface area contributed by atoms with E-state index < -0.39 is 0 Å². The second kappa shape index (κ2) is 4.12. The molecule has 0 bridgehead atoms. The van der Waals surface area contributed by atoms with Crippen LogP contribution in [0.2, 0.25) is 0 Å². The van der Waals surface area contributed by atoms with Gasteiger partial charge in [-0.15, -0.1) is 0 Å². The summed E-state index contributed by atoms with van der Waals surface area (Å²) < 4.78 is 0. The van der Waals surface area contributed by atoms with Crippen molar-refractivity contribution in [2.75, 3.05) is 0 Å². The van der Waals surface area contributed by atoms with Gasteiger partial charge < -0.3 is 4.79 Å². The second-order valence-corrected chi connectivity index (χ2v) is 3.27. The molecule has 0 aliphatic carbocycles. The monoisotopic (exact) mass is 178 g/mol. The molecule has 0 unspecified atom stereocenters. The number of hydrogen-bond acceptors (Lipinski definition) is 3. The third-order valence-electron chi connectivity index (χ3n) is 1.73. The Balaban J connectivity index is 2.71. The number of ketones is 1. The van der Waals surface area contributed by atoms with Crippen LogP contribution in [0.1, 0.15) is 30.6 Å². The van der Waals surface area contributed by atoms with E-state index in [4.69, 9.17) is 0 Å². The molecule has 1 aromatic rings. The van der Waals surface area contributed by atoms with E-state index >= 15 is 0 Å². The maximum absolute atomic E-state index is 10.7. The Morgan fingerprint density at radius 2 is 1.85 bits per heavy atom. The van der Waals surface area contributed by atoms with Crippen molar-refractivity contribution in [2.24, 2.45) is 0 Å². The molecular formula is C10H14N2O. The Bertz CT molecular complexity index is 300. The van der Waals surface area contributed by atoms with Gasteiger partial charge in [0.25, 0.3) is 0 Å². The number of aromatic nitrogens is 2. The predicted molar refractivity (Wildman–Crippen MR) is 50.5 cm³/mol. The number of aryl methyl sites for hydroxylation is 3. The van der Waals surface area contributed by atoms with Crippen LogP contribution in [0.3, 0.4) is 0 Å². The van der Waals surface area contributed by atoms with Crippen molar-refractivity contribution in [2.45, 2.75) is 33.6 Å². The molecule has 1 heterocycles. The average molecular weight is 178 g/mol. The van der Waals surface area contributed by atoms with Crippen molar-refractivity contribution in [1.82, 2.24) is 9.97 Å². The molecule has 0 saturated heterocycles. The van der Waals surface area contributed by atoms with Gasteiger partial charge in [-0.05, 0) is 26.8 Å². The van der Waals surface area contributed by atoms with Gasteiger partial charge in [0.05, 0.1) is 0 Å². The SMILES string of the molecule is CC(=O)CCc1nc(C)cc(C)n1. The lowest BCUT2D eigenvalue weighted by molar-refractivity contribution is -0.117. The highest BCUT2D eigenvalue weighted by molar-refractivity contribution is 5.75. The highest BCUT2D eigenvalue weighted by Crippen LogP contribution is 2.01. The lowest BCUT2D eigenvalue weighted by atomic mass is 10.2. The normalized spacial score (nSPS) is 10.1. The Kier molecular flexibility index (Phi) is 3.12. The molecule has 1 rings (SSSR count). The minimum atomic E-state index is 0.183. The second-order valence-electron chi connectivity index (χ2n) is 3.27. The van der Waals surface area contributed by atoms with Gasteiger partial charge >= 0.3 is 0 Å². The highest BCUT2D eigenvalue weighted by Gasteiger charge is 2.01. The number of nitrogens with zero attached hydrogens (tertiary/aromatic N) is 2. The minimum absolute atomic E-state index is 0.183. The minimum Gasteiger partial charge on any atom is -0.300 e. The standard InChI is InChI=1S/C10H14N2O/c1-7-6-8(2)12-10(11-7)5-4-9(3)13/h6H,4-5H2,1-3H3. The van der Waals surface area contributed by atoms with Crippen molar-refractivity contribution in [3.05, 3.63) is 23.3 Å². The van der Waals surface area contributed by atoms with E-state index in [0.717, 1.165) is 17.2 Å². The van der Waals surface area contributed by atoms with Gasteiger partial charge in [0, 0.05) is 24.2 Å². The summed E-state index contributed by atoms with van der Waals surface area (Å²) in [6.07, 6.45) is 1.18. The maximum Gasteiger partial charge on any atom is 0.130 e. The van der Waals surface area contributed by atoms with Gasteiger partial charge in [0.2, 0.25) is 0 Å². The van der Waals surface area contributed by atoms with E-state index in [1.54, 1.807) is 6.92 Å². The van der Waals surface area contributed by atoms with Crippen molar-refractivity contribution in [1.29, 1.82) is 0 Å². The summed E-state index contributed by atoms with van der Waals surface area (Å²) in [6.45, 7) is 5.46. The molecule has 0 spiro atoms. The van der Waals surface area contributed by atoms with Gasteiger partial charge in [0.1, 0.15) is 11.6 Å². The quantitative estimate of drug-likeness (QED) is 0.706. The summed E-state index contributed by atoms with van der Waals surface area (Å²) in [6, 6.07) is 1.93. The fraction of sp³-hybridized carbons (Fsp3) is 0.500.